The molecule has 2 aliphatic rings. The number of aryl methyl sites for hydroxylation is 1. The Kier molecular flexibility index (Phi) is 6.81. The molecule has 4 rings (SSSR count). The lowest BCUT2D eigenvalue weighted by atomic mass is 10.1. The first-order valence-electron chi connectivity index (χ1n) is 10.3. The van der Waals surface area contributed by atoms with E-state index in [2.05, 4.69) is 32.9 Å². The molecule has 0 saturated carbocycles. The molecule has 3 heterocycles. The van der Waals surface area contributed by atoms with Crippen LogP contribution in [-0.2, 0) is 23.1 Å². The van der Waals surface area contributed by atoms with Gasteiger partial charge in [0, 0.05) is 42.4 Å². The first-order valence-corrected chi connectivity index (χ1v) is 13.9. The molecule has 0 bridgehead atoms. The van der Waals surface area contributed by atoms with E-state index in [4.69, 9.17) is 23.2 Å². The van der Waals surface area contributed by atoms with Crippen molar-refractivity contribution in [1.82, 2.24) is 9.47 Å². The average molecular weight is 515 g/mol. The van der Waals surface area contributed by atoms with Gasteiger partial charge < -0.3 is 10.0 Å². The maximum atomic E-state index is 12.5. The van der Waals surface area contributed by atoms with E-state index in [1.54, 1.807) is 16.7 Å². The van der Waals surface area contributed by atoms with Crippen molar-refractivity contribution in [1.29, 1.82) is 0 Å². The number of nitrogens with zero attached hydrogens (tertiary/aromatic N) is 4. The predicted octanol–water partition coefficient (Wildman–Crippen LogP) is 3.04. The van der Waals surface area contributed by atoms with Crippen LogP contribution in [0.3, 0.4) is 0 Å². The zero-order valence-electron chi connectivity index (χ0n) is 17.8. The molecule has 0 amide bonds. The van der Waals surface area contributed by atoms with Crippen LogP contribution in [-0.4, -0.2) is 48.9 Å². The molecular weight excluding hydrogens is 491 g/mol. The summed E-state index contributed by atoms with van der Waals surface area (Å²) in [5, 5.41) is 14.5. The van der Waals surface area contributed by atoms with Gasteiger partial charge in [-0.15, -0.1) is 11.8 Å². The zero-order chi connectivity index (χ0) is 23.0. The molecule has 0 aliphatic carbocycles. The number of rotatable bonds is 5. The van der Waals surface area contributed by atoms with Gasteiger partial charge in [0.2, 0.25) is 10.0 Å². The van der Waals surface area contributed by atoms with Gasteiger partial charge in [0.05, 0.1) is 27.9 Å². The molecule has 0 unspecified atom stereocenters. The highest BCUT2D eigenvalue weighted by Crippen LogP contribution is 2.33. The van der Waals surface area contributed by atoms with Gasteiger partial charge in [-0.1, -0.05) is 23.2 Å². The van der Waals surface area contributed by atoms with Crippen molar-refractivity contribution < 1.29 is 18.1 Å². The highest BCUT2D eigenvalue weighted by atomic mass is 35.5. The van der Waals surface area contributed by atoms with E-state index in [0.29, 0.717) is 10.0 Å². The van der Waals surface area contributed by atoms with Gasteiger partial charge in [-0.2, -0.15) is 4.40 Å². The molecular formula is C21H24Cl2N4O3S2. The van der Waals surface area contributed by atoms with E-state index in [1.165, 1.54) is 5.03 Å². The Balaban J connectivity index is 1.89. The lowest BCUT2D eigenvalue weighted by Gasteiger charge is -2.17. The number of sulfonamides is 1. The van der Waals surface area contributed by atoms with Crippen molar-refractivity contribution in [3.63, 3.8) is 0 Å². The van der Waals surface area contributed by atoms with E-state index in [1.807, 2.05) is 11.8 Å². The van der Waals surface area contributed by atoms with Crippen LogP contribution in [0.5, 0.6) is 0 Å². The first-order chi connectivity index (χ1) is 15.2. The normalized spacial score (nSPS) is 20.0. The molecule has 1 aromatic carbocycles. The van der Waals surface area contributed by atoms with E-state index in [9.17, 15) is 13.5 Å². The Hall–Kier alpha value is -1.68. The van der Waals surface area contributed by atoms with E-state index < -0.39 is 15.9 Å². The van der Waals surface area contributed by atoms with Gasteiger partial charge in [-0.05, 0) is 31.9 Å². The van der Waals surface area contributed by atoms with Gasteiger partial charge in [-0.3, -0.25) is 0 Å². The van der Waals surface area contributed by atoms with Crippen LogP contribution in [0.15, 0.2) is 33.7 Å². The SMILES string of the molecule is CCN1CCSC1=CC=C1CCC[n+]2c1n(CC([O-])=NS(C)(=O)=O)c1cc(Cl)c(Cl)cc12. The lowest BCUT2D eigenvalue weighted by molar-refractivity contribution is -0.678. The van der Waals surface area contributed by atoms with Crippen LogP contribution >= 0.6 is 35.0 Å². The number of hydrogen-bond donors (Lipinski definition) is 0. The Bertz CT molecular complexity index is 1270. The summed E-state index contributed by atoms with van der Waals surface area (Å²) in [5.41, 5.74) is 2.64. The number of fused-ring (bicyclic) bond motifs is 3. The molecule has 172 valence electrons. The summed E-state index contributed by atoms with van der Waals surface area (Å²) >= 11 is 14.4. The van der Waals surface area contributed by atoms with Crippen molar-refractivity contribution in [2.24, 2.45) is 4.40 Å². The highest BCUT2D eigenvalue weighted by Gasteiger charge is 2.31. The molecule has 1 fully saturated rings. The standard InChI is InChI=1S/C21H24Cl2N4O3S2/c1-3-25-9-10-31-20(25)7-6-14-5-4-8-26-17-11-15(22)16(23)12-18(17)27(21(14)26)13-19(28)24-32(2,29)30/h6-7,11-12H,3-5,8-10,13H2,1-2H3. The monoisotopic (exact) mass is 514 g/mol. The smallest absolute Gasteiger partial charge is 0.285 e. The summed E-state index contributed by atoms with van der Waals surface area (Å²) in [4.78, 5) is 2.34. The Labute approximate surface area is 202 Å². The summed E-state index contributed by atoms with van der Waals surface area (Å²) in [5.74, 6) is 1.19. The maximum absolute atomic E-state index is 12.5. The molecule has 32 heavy (non-hydrogen) atoms. The van der Waals surface area contributed by atoms with Crippen LogP contribution in [0.25, 0.3) is 16.6 Å². The van der Waals surface area contributed by atoms with Gasteiger partial charge in [-0.25, -0.2) is 17.6 Å². The summed E-state index contributed by atoms with van der Waals surface area (Å²) in [7, 11) is -3.78. The molecule has 11 heteroatoms. The molecule has 2 aromatic rings. The lowest BCUT2D eigenvalue weighted by Crippen LogP contribution is -2.41. The molecule has 0 atom stereocenters. The Morgan fingerprint density at radius 3 is 2.78 bits per heavy atom. The summed E-state index contributed by atoms with van der Waals surface area (Å²) in [6, 6.07) is 3.52. The molecule has 0 radical (unpaired) electrons. The zero-order valence-corrected chi connectivity index (χ0v) is 21.0. The number of aromatic nitrogens is 2. The third kappa shape index (κ3) is 4.81. The minimum Gasteiger partial charge on any atom is -0.858 e. The fourth-order valence-electron chi connectivity index (χ4n) is 4.21. The van der Waals surface area contributed by atoms with Crippen molar-refractivity contribution in [3.8, 4) is 0 Å². The third-order valence-electron chi connectivity index (χ3n) is 5.52. The van der Waals surface area contributed by atoms with Crippen molar-refractivity contribution in [3.05, 3.63) is 45.2 Å². The van der Waals surface area contributed by atoms with E-state index in [-0.39, 0.29) is 6.54 Å². The number of imidazole rings is 1. The number of thioether (sulfide) groups is 1. The second-order valence-corrected chi connectivity index (χ2v) is 11.3. The topological polar surface area (TPSA) is 81.6 Å². The second-order valence-electron chi connectivity index (χ2n) is 7.76. The fourth-order valence-corrected chi connectivity index (χ4v) is 6.04. The molecule has 1 saturated heterocycles. The van der Waals surface area contributed by atoms with Gasteiger partial charge >= 0.3 is 0 Å². The fraction of sp³-hybridized carbons (Fsp3) is 0.429. The van der Waals surface area contributed by atoms with Crippen molar-refractivity contribution in [2.45, 2.75) is 32.9 Å². The first kappa shape index (κ1) is 23.5. The van der Waals surface area contributed by atoms with Gasteiger partial charge in [0.25, 0.3) is 5.82 Å². The molecule has 7 nitrogen and oxygen atoms in total. The van der Waals surface area contributed by atoms with Gasteiger partial charge in [0.15, 0.2) is 11.0 Å². The summed E-state index contributed by atoms with van der Waals surface area (Å²) < 4.78 is 30.3. The Morgan fingerprint density at radius 1 is 1.31 bits per heavy atom. The Morgan fingerprint density at radius 2 is 2.06 bits per heavy atom. The molecule has 2 aliphatic heterocycles. The van der Waals surface area contributed by atoms with Crippen molar-refractivity contribution >= 4 is 67.5 Å². The van der Waals surface area contributed by atoms with Crippen LogP contribution in [0.2, 0.25) is 10.0 Å². The van der Waals surface area contributed by atoms with Gasteiger partial charge in [0.1, 0.15) is 6.54 Å². The molecule has 1 aromatic heterocycles. The highest BCUT2D eigenvalue weighted by molar-refractivity contribution is 8.03. The number of allylic oxidation sites excluding steroid dienone is 3. The number of benzene rings is 1. The van der Waals surface area contributed by atoms with E-state index in [0.717, 1.165) is 66.9 Å². The minimum absolute atomic E-state index is 0.201. The van der Waals surface area contributed by atoms with E-state index >= 15 is 0 Å². The minimum atomic E-state index is -3.78. The summed E-state index contributed by atoms with van der Waals surface area (Å²) in [6.07, 6.45) is 6.94. The predicted molar refractivity (Wildman–Crippen MR) is 129 cm³/mol. The van der Waals surface area contributed by atoms with Crippen LogP contribution in [0.4, 0.5) is 0 Å². The number of hydrogen-bond acceptors (Lipinski definition) is 5. The summed E-state index contributed by atoms with van der Waals surface area (Å²) in [6.45, 7) is 4.70. The molecule has 0 N–H and O–H groups in total. The quantitative estimate of drug-likeness (QED) is 0.348. The number of halogens is 2. The average Bonchev–Trinajstić information content (AvgIpc) is 3.29. The third-order valence-corrected chi connectivity index (χ3v) is 7.85. The maximum Gasteiger partial charge on any atom is 0.285 e. The van der Waals surface area contributed by atoms with Crippen LogP contribution in [0.1, 0.15) is 25.6 Å². The molecule has 0 spiro atoms. The largest absolute Gasteiger partial charge is 0.858 e. The van der Waals surface area contributed by atoms with Crippen LogP contribution in [0, 0.1) is 0 Å². The van der Waals surface area contributed by atoms with Crippen molar-refractivity contribution in [2.75, 3.05) is 25.1 Å². The second kappa shape index (κ2) is 9.29. The van der Waals surface area contributed by atoms with Crippen LogP contribution < -0.4 is 9.67 Å².